The average Bonchev–Trinajstić information content (AvgIpc) is 3.83. The fourth-order valence-corrected chi connectivity index (χ4v) is 9.36. The van der Waals surface area contributed by atoms with Gasteiger partial charge in [0.05, 0.1) is 22.6 Å². The molecular weight excluding hydrogens is 813 g/mol. The van der Waals surface area contributed by atoms with Gasteiger partial charge in [-0.2, -0.15) is 5.10 Å². The molecule has 0 N–H and O–H groups in total. The third kappa shape index (κ3) is 7.57. The maximum absolute atomic E-state index is 5.44. The van der Waals surface area contributed by atoms with Crippen LogP contribution in [0.1, 0.15) is 0 Å². The Hall–Kier alpha value is -8.99. The topological polar surface area (TPSA) is 43.1 Å². The van der Waals surface area contributed by atoms with E-state index in [4.69, 9.17) is 15.1 Å². The van der Waals surface area contributed by atoms with Crippen LogP contribution in [0.5, 0.6) is 0 Å². The number of nitrogens with zero attached hydrogens (tertiary/aromatic N) is 4. The molecule has 0 unspecified atom stereocenters. The first-order valence-corrected chi connectivity index (χ1v) is 22.7. The molecule has 0 amide bonds. The average molecular weight is 855 g/mol. The molecule has 0 fully saturated rings. The molecule has 0 saturated heterocycles. The third-order valence-corrected chi connectivity index (χ3v) is 12.6. The van der Waals surface area contributed by atoms with E-state index >= 15 is 0 Å². The quantitative estimate of drug-likeness (QED) is 0.145. The second-order valence-electron chi connectivity index (χ2n) is 16.8. The van der Waals surface area contributed by atoms with E-state index in [0.717, 1.165) is 111 Å². The van der Waals surface area contributed by atoms with Gasteiger partial charge in [-0.25, -0.2) is 14.5 Å². The molecule has 0 spiro atoms. The van der Waals surface area contributed by atoms with Crippen molar-refractivity contribution in [1.29, 1.82) is 0 Å². The third-order valence-electron chi connectivity index (χ3n) is 12.6. The lowest BCUT2D eigenvalue weighted by Crippen LogP contribution is -1.97. The minimum absolute atomic E-state index is 0.681. The van der Waals surface area contributed by atoms with E-state index in [0.29, 0.717) is 5.82 Å². The van der Waals surface area contributed by atoms with Crippen molar-refractivity contribution in [2.24, 2.45) is 0 Å². The Morgan fingerprint density at radius 2 is 0.746 bits per heavy atom. The summed E-state index contributed by atoms with van der Waals surface area (Å²) in [4.78, 5) is 10.5. The zero-order valence-corrected chi connectivity index (χ0v) is 36.5. The molecule has 0 saturated carbocycles. The molecule has 4 nitrogen and oxygen atoms in total. The van der Waals surface area contributed by atoms with Crippen LogP contribution in [0.3, 0.4) is 0 Å². The number of hydrogen-bond acceptors (Lipinski definition) is 3. The van der Waals surface area contributed by atoms with Crippen molar-refractivity contribution in [3.63, 3.8) is 0 Å². The second-order valence-corrected chi connectivity index (χ2v) is 16.8. The molecule has 12 rings (SSSR count). The molecule has 4 heteroatoms. The Kier molecular flexibility index (Phi) is 10.2. The van der Waals surface area contributed by atoms with Crippen molar-refractivity contribution in [2.75, 3.05) is 0 Å². The molecule has 12 aromatic rings. The monoisotopic (exact) mass is 854 g/mol. The van der Waals surface area contributed by atoms with Gasteiger partial charge in [0.25, 0.3) is 0 Å². The molecular formula is C63H42N4. The van der Waals surface area contributed by atoms with Gasteiger partial charge in [0.1, 0.15) is 5.69 Å². The van der Waals surface area contributed by atoms with Crippen LogP contribution in [0.4, 0.5) is 0 Å². The molecule has 0 bridgehead atoms. The lowest BCUT2D eigenvalue weighted by atomic mass is 9.93. The molecule has 0 atom stereocenters. The minimum atomic E-state index is 0.681. The van der Waals surface area contributed by atoms with Crippen LogP contribution in [-0.2, 0) is 0 Å². The van der Waals surface area contributed by atoms with E-state index in [1.54, 1.807) is 0 Å². The number of pyridine rings is 1. The molecule has 0 aliphatic rings. The number of rotatable bonds is 9. The van der Waals surface area contributed by atoms with Gasteiger partial charge in [-0.3, -0.25) is 0 Å². The first kappa shape index (κ1) is 39.6. The fourth-order valence-electron chi connectivity index (χ4n) is 9.36. The zero-order chi connectivity index (χ0) is 44.5. The SMILES string of the molecule is c1ccc(-c2cc(-c3ccccc3)cc(-c3cc(-c4ccc(-c5cccc6c5cc(-c5ccccc5)n5nc(-c7ccccc7)c(-c7ccccc7)c65)cc4)nc(-c4ccccc4)n3)c2)cc1. The van der Waals surface area contributed by atoms with Crippen molar-refractivity contribution in [3.05, 3.63) is 255 Å². The van der Waals surface area contributed by atoms with Gasteiger partial charge in [-0.05, 0) is 74.7 Å². The van der Waals surface area contributed by atoms with Gasteiger partial charge in [-0.15, -0.1) is 0 Å². The summed E-state index contributed by atoms with van der Waals surface area (Å²) in [5, 5.41) is 7.72. The molecule has 0 aliphatic heterocycles. The van der Waals surface area contributed by atoms with E-state index in [1.807, 2.05) is 18.2 Å². The van der Waals surface area contributed by atoms with Crippen molar-refractivity contribution in [3.8, 4) is 101 Å². The lowest BCUT2D eigenvalue weighted by molar-refractivity contribution is 0.979. The number of aromatic nitrogens is 4. The lowest BCUT2D eigenvalue weighted by Gasteiger charge is -2.15. The minimum Gasteiger partial charge on any atom is -0.231 e. The maximum Gasteiger partial charge on any atom is 0.160 e. The summed E-state index contributed by atoms with van der Waals surface area (Å²) in [6.45, 7) is 0. The van der Waals surface area contributed by atoms with Gasteiger partial charge >= 0.3 is 0 Å². The van der Waals surface area contributed by atoms with Gasteiger partial charge in [-0.1, -0.05) is 224 Å². The Morgan fingerprint density at radius 3 is 1.31 bits per heavy atom. The normalized spacial score (nSPS) is 11.3. The Morgan fingerprint density at radius 1 is 0.284 bits per heavy atom. The summed E-state index contributed by atoms with van der Waals surface area (Å²) < 4.78 is 2.16. The van der Waals surface area contributed by atoms with E-state index in [9.17, 15) is 0 Å². The number of hydrogen-bond donors (Lipinski definition) is 0. The van der Waals surface area contributed by atoms with Crippen molar-refractivity contribution in [1.82, 2.24) is 19.6 Å². The summed E-state index contributed by atoms with van der Waals surface area (Å²) in [5.41, 5.74) is 19.0. The van der Waals surface area contributed by atoms with Crippen LogP contribution in [-0.4, -0.2) is 19.6 Å². The first-order valence-electron chi connectivity index (χ1n) is 22.7. The highest BCUT2D eigenvalue weighted by atomic mass is 15.2. The van der Waals surface area contributed by atoms with Crippen LogP contribution in [0.15, 0.2) is 255 Å². The zero-order valence-electron chi connectivity index (χ0n) is 36.5. The van der Waals surface area contributed by atoms with Gasteiger partial charge < -0.3 is 0 Å². The van der Waals surface area contributed by atoms with Gasteiger partial charge in [0, 0.05) is 38.8 Å². The summed E-state index contributed by atoms with van der Waals surface area (Å²) in [5.74, 6) is 0.681. The molecule has 9 aromatic carbocycles. The number of benzene rings is 9. The van der Waals surface area contributed by atoms with Crippen molar-refractivity contribution in [2.45, 2.75) is 0 Å². The van der Waals surface area contributed by atoms with Gasteiger partial charge in [0.2, 0.25) is 0 Å². The second kappa shape index (κ2) is 17.2. The van der Waals surface area contributed by atoms with Crippen LogP contribution < -0.4 is 0 Å². The Bertz CT molecular complexity index is 3630. The smallest absolute Gasteiger partial charge is 0.160 e. The standard InChI is InChI=1S/C63H42N4/c1-7-20-43(21-8-1)51-38-52(44-22-9-2-10-23-44)40-53(39-51)58-42-57(64-63(65-58)50-30-17-6-18-31-50)46-36-34-45(35-37-46)54-32-19-33-55-56(54)41-59(47-24-11-3-12-25-47)67-62(55)60(48-26-13-4-14-27-48)61(66-67)49-28-15-5-16-29-49/h1-42H. The number of fused-ring (bicyclic) bond motifs is 3. The summed E-state index contributed by atoms with van der Waals surface area (Å²) in [7, 11) is 0. The molecule has 3 aromatic heterocycles. The Balaban J connectivity index is 1.02. The van der Waals surface area contributed by atoms with Gasteiger partial charge in [0.15, 0.2) is 5.82 Å². The molecule has 314 valence electrons. The fraction of sp³-hybridized carbons (Fsp3) is 0. The van der Waals surface area contributed by atoms with E-state index in [1.165, 1.54) is 0 Å². The largest absolute Gasteiger partial charge is 0.231 e. The van der Waals surface area contributed by atoms with Crippen LogP contribution in [0.2, 0.25) is 0 Å². The summed E-state index contributed by atoms with van der Waals surface area (Å²) in [6.07, 6.45) is 0. The van der Waals surface area contributed by atoms with Crippen LogP contribution >= 0.6 is 0 Å². The highest BCUT2D eigenvalue weighted by Crippen LogP contribution is 2.43. The van der Waals surface area contributed by atoms with Crippen LogP contribution in [0, 0.1) is 0 Å². The molecule has 0 radical (unpaired) electrons. The van der Waals surface area contributed by atoms with Crippen LogP contribution in [0.25, 0.3) is 117 Å². The predicted octanol–water partition coefficient (Wildman–Crippen LogP) is 16.3. The van der Waals surface area contributed by atoms with E-state index in [2.05, 4.69) is 241 Å². The van der Waals surface area contributed by atoms with E-state index in [-0.39, 0.29) is 0 Å². The molecule has 3 heterocycles. The highest BCUT2D eigenvalue weighted by Gasteiger charge is 2.23. The highest BCUT2D eigenvalue weighted by molar-refractivity contribution is 6.12. The molecule has 0 aliphatic carbocycles. The van der Waals surface area contributed by atoms with Crippen molar-refractivity contribution < 1.29 is 0 Å². The van der Waals surface area contributed by atoms with Crippen molar-refractivity contribution >= 4 is 16.3 Å². The predicted molar refractivity (Wildman–Crippen MR) is 277 cm³/mol. The van der Waals surface area contributed by atoms with E-state index < -0.39 is 0 Å². The maximum atomic E-state index is 5.44. The summed E-state index contributed by atoms with van der Waals surface area (Å²) in [6, 6.07) is 89.9. The Labute approximate surface area is 389 Å². The molecule has 67 heavy (non-hydrogen) atoms. The summed E-state index contributed by atoms with van der Waals surface area (Å²) >= 11 is 0. The first-order chi connectivity index (χ1) is 33.2.